The second-order valence-corrected chi connectivity index (χ2v) is 5.56. The number of nitrogens with zero attached hydrogens (tertiary/aromatic N) is 2. The third-order valence-corrected chi connectivity index (χ3v) is 2.59. The van der Waals surface area contributed by atoms with Crippen molar-refractivity contribution in [2.75, 3.05) is 25.6 Å². The van der Waals surface area contributed by atoms with E-state index in [9.17, 15) is 14.9 Å². The van der Waals surface area contributed by atoms with Crippen LogP contribution in [0.25, 0.3) is 0 Å². The van der Waals surface area contributed by atoms with E-state index in [-0.39, 0.29) is 24.0 Å². The van der Waals surface area contributed by atoms with Gasteiger partial charge in [0.25, 0.3) is 0 Å². The summed E-state index contributed by atoms with van der Waals surface area (Å²) in [5, 5.41) is 10.8. The highest BCUT2D eigenvalue weighted by atomic mass is 16.6. The molecule has 0 aromatic heterocycles. The normalized spacial score (nSPS) is 10.9. The number of esters is 1. The highest BCUT2D eigenvalue weighted by Crippen LogP contribution is 2.30. The predicted octanol–water partition coefficient (Wildman–Crippen LogP) is 2.38. The Bertz CT molecular complexity index is 537. The fourth-order valence-corrected chi connectivity index (χ4v) is 1.71. The summed E-state index contributed by atoms with van der Waals surface area (Å²) in [6, 6.07) is 4.42. The molecule has 0 heterocycles. The molecule has 21 heavy (non-hydrogen) atoms. The van der Waals surface area contributed by atoms with Crippen molar-refractivity contribution in [3.05, 3.63) is 28.3 Å². The van der Waals surface area contributed by atoms with Crippen LogP contribution in [0.4, 0.5) is 11.4 Å². The minimum absolute atomic E-state index is 0.0399. The number of anilines is 1. The van der Waals surface area contributed by atoms with E-state index in [0.717, 1.165) is 0 Å². The number of nitro groups is 1. The van der Waals surface area contributed by atoms with Gasteiger partial charge in [0, 0.05) is 24.9 Å². The first kappa shape index (κ1) is 16.7. The molecular weight excluding hydrogens is 276 g/mol. The summed E-state index contributed by atoms with van der Waals surface area (Å²) in [6.45, 7) is 5.41. The fourth-order valence-electron chi connectivity index (χ4n) is 1.71. The molecule has 0 bridgehead atoms. The zero-order chi connectivity index (χ0) is 16.2. The van der Waals surface area contributed by atoms with E-state index in [1.165, 1.54) is 19.2 Å². The minimum Gasteiger partial charge on any atom is -0.490 e. The van der Waals surface area contributed by atoms with Crippen molar-refractivity contribution in [3.8, 4) is 5.75 Å². The first-order valence-electron chi connectivity index (χ1n) is 6.39. The molecule has 7 nitrogen and oxygen atoms in total. The van der Waals surface area contributed by atoms with Crippen LogP contribution in [0.15, 0.2) is 18.2 Å². The van der Waals surface area contributed by atoms with Crippen molar-refractivity contribution < 1.29 is 19.2 Å². The quantitative estimate of drug-likeness (QED) is 0.471. The van der Waals surface area contributed by atoms with Gasteiger partial charge in [-0.3, -0.25) is 14.9 Å². The molecule has 1 aromatic carbocycles. The van der Waals surface area contributed by atoms with Crippen LogP contribution in [0, 0.1) is 10.1 Å². The summed E-state index contributed by atoms with van der Waals surface area (Å²) in [5.41, 5.74) is -0.0410. The number of hydrogen-bond donors (Lipinski definition) is 0. The Morgan fingerprint density at radius 3 is 2.48 bits per heavy atom. The highest BCUT2D eigenvalue weighted by molar-refractivity contribution is 5.76. The van der Waals surface area contributed by atoms with E-state index in [0.29, 0.717) is 5.69 Å². The van der Waals surface area contributed by atoms with Crippen LogP contribution in [-0.4, -0.2) is 37.2 Å². The van der Waals surface area contributed by atoms with Gasteiger partial charge < -0.3 is 14.4 Å². The largest absolute Gasteiger partial charge is 0.490 e. The van der Waals surface area contributed by atoms with Crippen molar-refractivity contribution in [1.82, 2.24) is 0 Å². The highest BCUT2D eigenvalue weighted by Gasteiger charge is 2.20. The molecule has 0 spiro atoms. The van der Waals surface area contributed by atoms with E-state index < -0.39 is 10.5 Å². The average molecular weight is 296 g/mol. The van der Waals surface area contributed by atoms with Crippen molar-refractivity contribution in [1.29, 1.82) is 0 Å². The maximum Gasteiger partial charge on any atom is 0.326 e. The van der Waals surface area contributed by atoms with Gasteiger partial charge in [0.05, 0.1) is 12.0 Å². The van der Waals surface area contributed by atoms with E-state index in [1.807, 2.05) is 0 Å². The standard InChI is InChI=1S/C14H20N2O5/c1-14(2,3)21-13(17)9-15(4)10-6-7-11(16(18)19)12(8-10)20-5/h6-8H,9H2,1-5H3. The second-order valence-electron chi connectivity index (χ2n) is 5.56. The average Bonchev–Trinajstić information content (AvgIpc) is 2.35. The number of benzene rings is 1. The van der Waals surface area contributed by atoms with Crippen LogP contribution in [0.3, 0.4) is 0 Å². The molecule has 1 aromatic rings. The number of rotatable bonds is 5. The molecule has 0 N–H and O–H groups in total. The molecule has 0 amide bonds. The van der Waals surface area contributed by atoms with Crippen LogP contribution in [-0.2, 0) is 9.53 Å². The molecule has 0 aliphatic rings. The Labute approximate surface area is 123 Å². The Balaban J connectivity index is 2.86. The maximum atomic E-state index is 11.8. The molecule has 116 valence electrons. The molecule has 0 saturated heterocycles. The molecular formula is C14H20N2O5. The first-order valence-corrected chi connectivity index (χ1v) is 6.39. The monoisotopic (exact) mass is 296 g/mol. The minimum atomic E-state index is -0.551. The van der Waals surface area contributed by atoms with Gasteiger partial charge in [-0.2, -0.15) is 0 Å². The Kier molecular flexibility index (Phi) is 5.12. The summed E-state index contributed by atoms with van der Waals surface area (Å²) in [6.07, 6.45) is 0. The molecule has 0 radical (unpaired) electrons. The van der Waals surface area contributed by atoms with Gasteiger partial charge in [0.1, 0.15) is 12.1 Å². The smallest absolute Gasteiger partial charge is 0.326 e. The molecule has 0 atom stereocenters. The number of likely N-dealkylation sites (N-methyl/N-ethyl adjacent to an activating group) is 1. The Morgan fingerprint density at radius 1 is 1.38 bits per heavy atom. The fraction of sp³-hybridized carbons (Fsp3) is 0.500. The summed E-state index contributed by atoms with van der Waals surface area (Å²) >= 11 is 0. The maximum absolute atomic E-state index is 11.8. The van der Waals surface area contributed by atoms with Crippen molar-refractivity contribution in [2.24, 2.45) is 0 Å². The van der Waals surface area contributed by atoms with Crippen LogP contribution < -0.4 is 9.64 Å². The lowest BCUT2D eigenvalue weighted by Gasteiger charge is -2.23. The number of nitro benzene ring substituents is 1. The summed E-state index contributed by atoms with van der Waals surface area (Å²) in [7, 11) is 3.06. The van der Waals surface area contributed by atoms with Crippen LogP contribution in [0.5, 0.6) is 5.75 Å². The van der Waals surface area contributed by atoms with Crippen molar-refractivity contribution >= 4 is 17.3 Å². The summed E-state index contributed by atoms with van der Waals surface area (Å²) in [4.78, 5) is 23.7. The van der Waals surface area contributed by atoms with E-state index in [2.05, 4.69) is 0 Å². The first-order chi connectivity index (χ1) is 9.64. The number of carbonyl (C=O) groups excluding carboxylic acids is 1. The molecule has 7 heteroatoms. The van der Waals surface area contributed by atoms with Gasteiger partial charge in [0.2, 0.25) is 0 Å². The Hall–Kier alpha value is -2.31. The predicted molar refractivity (Wildman–Crippen MR) is 78.8 cm³/mol. The van der Waals surface area contributed by atoms with Crippen LogP contribution in [0.1, 0.15) is 20.8 Å². The van der Waals surface area contributed by atoms with E-state index in [4.69, 9.17) is 9.47 Å². The van der Waals surface area contributed by atoms with E-state index >= 15 is 0 Å². The molecule has 1 rings (SSSR count). The summed E-state index contributed by atoms with van der Waals surface area (Å²) in [5.74, 6) is -0.226. The molecule has 0 aliphatic heterocycles. The topological polar surface area (TPSA) is 81.9 Å². The lowest BCUT2D eigenvalue weighted by molar-refractivity contribution is -0.385. The molecule has 0 saturated carbocycles. The van der Waals surface area contributed by atoms with Gasteiger partial charge in [-0.25, -0.2) is 0 Å². The zero-order valence-electron chi connectivity index (χ0n) is 12.9. The van der Waals surface area contributed by atoms with Gasteiger partial charge in [0.15, 0.2) is 5.75 Å². The van der Waals surface area contributed by atoms with E-state index in [1.54, 1.807) is 38.8 Å². The third kappa shape index (κ3) is 4.94. The number of ether oxygens (including phenoxy) is 2. The molecule has 0 unspecified atom stereocenters. The van der Waals surface area contributed by atoms with Crippen LogP contribution in [0.2, 0.25) is 0 Å². The molecule has 0 fully saturated rings. The lowest BCUT2D eigenvalue weighted by Crippen LogP contribution is -2.32. The molecule has 0 aliphatic carbocycles. The van der Waals surface area contributed by atoms with Gasteiger partial charge in [-0.05, 0) is 26.8 Å². The number of methoxy groups -OCH3 is 1. The Morgan fingerprint density at radius 2 is 2.00 bits per heavy atom. The third-order valence-electron chi connectivity index (χ3n) is 2.59. The van der Waals surface area contributed by atoms with Crippen molar-refractivity contribution in [2.45, 2.75) is 26.4 Å². The van der Waals surface area contributed by atoms with Crippen LogP contribution >= 0.6 is 0 Å². The van der Waals surface area contributed by atoms with Gasteiger partial charge in [-0.15, -0.1) is 0 Å². The summed E-state index contributed by atoms with van der Waals surface area (Å²) < 4.78 is 10.2. The van der Waals surface area contributed by atoms with Gasteiger partial charge >= 0.3 is 11.7 Å². The SMILES string of the molecule is COc1cc(N(C)CC(=O)OC(C)(C)C)ccc1[N+](=O)[O-]. The zero-order valence-corrected chi connectivity index (χ0v) is 12.9. The number of hydrogen-bond acceptors (Lipinski definition) is 6. The second kappa shape index (κ2) is 6.43. The lowest BCUT2D eigenvalue weighted by atomic mass is 10.2. The van der Waals surface area contributed by atoms with Crippen molar-refractivity contribution in [3.63, 3.8) is 0 Å². The number of carbonyl (C=O) groups is 1. The van der Waals surface area contributed by atoms with Gasteiger partial charge in [-0.1, -0.05) is 0 Å².